The number of halogens is 1. The van der Waals surface area contributed by atoms with E-state index in [9.17, 15) is 8.42 Å². The van der Waals surface area contributed by atoms with Crippen molar-refractivity contribution in [1.29, 1.82) is 0 Å². The molecule has 1 aromatic rings. The van der Waals surface area contributed by atoms with Crippen LogP contribution in [0.5, 0.6) is 0 Å². The molecule has 1 N–H and O–H groups in total. The van der Waals surface area contributed by atoms with Crippen LogP contribution >= 0.6 is 15.9 Å². The molecule has 0 saturated heterocycles. The van der Waals surface area contributed by atoms with Gasteiger partial charge >= 0.3 is 0 Å². The first-order valence-electron chi connectivity index (χ1n) is 5.61. The SMILES string of the molecule is CCCC(COC)NS(=O)(=O)c1cncc(Br)c1. The second-order valence-corrected chi connectivity index (χ2v) is 6.53. The molecule has 0 spiro atoms. The zero-order valence-electron chi connectivity index (χ0n) is 10.4. The monoisotopic (exact) mass is 336 g/mol. The average Bonchev–Trinajstić information content (AvgIpc) is 2.29. The van der Waals surface area contributed by atoms with Crippen LogP contribution in [0.1, 0.15) is 19.8 Å². The standard InChI is InChI=1S/C11H17BrN2O3S/c1-3-4-10(8-17-2)14-18(15,16)11-5-9(12)6-13-7-11/h5-7,10,14H,3-4,8H2,1-2H3. The Balaban J connectivity index is 2.86. The lowest BCUT2D eigenvalue weighted by Gasteiger charge is -2.17. The van der Waals surface area contributed by atoms with Crippen LogP contribution in [0.2, 0.25) is 0 Å². The van der Waals surface area contributed by atoms with Gasteiger partial charge in [0, 0.05) is 30.0 Å². The van der Waals surface area contributed by atoms with E-state index >= 15 is 0 Å². The summed E-state index contributed by atoms with van der Waals surface area (Å²) in [6, 6.07) is 1.30. The molecule has 1 aromatic heterocycles. The lowest BCUT2D eigenvalue weighted by molar-refractivity contribution is 0.171. The number of nitrogens with one attached hydrogen (secondary N) is 1. The number of hydrogen-bond donors (Lipinski definition) is 1. The number of nitrogens with zero attached hydrogens (tertiary/aromatic N) is 1. The predicted octanol–water partition coefficient (Wildman–Crippen LogP) is 1.94. The van der Waals surface area contributed by atoms with Gasteiger partial charge in [-0.1, -0.05) is 13.3 Å². The van der Waals surface area contributed by atoms with E-state index in [2.05, 4.69) is 25.6 Å². The van der Waals surface area contributed by atoms with Crippen LogP contribution < -0.4 is 4.72 Å². The molecule has 0 aliphatic rings. The van der Waals surface area contributed by atoms with E-state index in [4.69, 9.17) is 4.74 Å². The summed E-state index contributed by atoms with van der Waals surface area (Å²) in [7, 11) is -2.00. The number of pyridine rings is 1. The molecule has 0 aromatic carbocycles. The quantitative estimate of drug-likeness (QED) is 0.826. The normalized spacial score (nSPS) is 13.5. The van der Waals surface area contributed by atoms with Crippen molar-refractivity contribution in [2.24, 2.45) is 0 Å². The summed E-state index contributed by atoms with van der Waals surface area (Å²) in [6.45, 7) is 2.35. The molecule has 0 radical (unpaired) electrons. The largest absolute Gasteiger partial charge is 0.383 e. The fourth-order valence-electron chi connectivity index (χ4n) is 1.55. The molecule has 7 heteroatoms. The Bertz CT molecular complexity index is 473. The maximum atomic E-state index is 12.1. The number of sulfonamides is 1. The summed E-state index contributed by atoms with van der Waals surface area (Å²) >= 11 is 3.20. The Morgan fingerprint density at radius 3 is 2.78 bits per heavy atom. The van der Waals surface area contributed by atoms with Gasteiger partial charge < -0.3 is 4.74 Å². The Morgan fingerprint density at radius 2 is 2.22 bits per heavy atom. The molecule has 18 heavy (non-hydrogen) atoms. The summed E-state index contributed by atoms with van der Waals surface area (Å²) in [5.41, 5.74) is 0. The van der Waals surface area contributed by atoms with Gasteiger partial charge in [-0.15, -0.1) is 0 Å². The van der Waals surface area contributed by atoms with Crippen LogP contribution in [0, 0.1) is 0 Å². The van der Waals surface area contributed by atoms with Crippen molar-refractivity contribution >= 4 is 26.0 Å². The van der Waals surface area contributed by atoms with E-state index in [1.165, 1.54) is 18.5 Å². The molecular formula is C11H17BrN2O3S. The Labute approximate surface area is 116 Å². The summed E-state index contributed by atoms with van der Waals surface area (Å²) in [5.74, 6) is 0. The van der Waals surface area contributed by atoms with Gasteiger partial charge in [0.25, 0.3) is 0 Å². The van der Waals surface area contributed by atoms with Gasteiger partial charge in [-0.3, -0.25) is 4.98 Å². The van der Waals surface area contributed by atoms with Crippen molar-refractivity contribution in [3.05, 3.63) is 22.9 Å². The number of rotatable bonds is 7. The molecule has 0 bridgehead atoms. The molecule has 102 valence electrons. The van der Waals surface area contributed by atoms with Gasteiger partial charge in [-0.2, -0.15) is 0 Å². The zero-order chi connectivity index (χ0) is 13.6. The van der Waals surface area contributed by atoms with Gasteiger partial charge in [0.1, 0.15) is 4.90 Å². The topological polar surface area (TPSA) is 68.3 Å². The first-order valence-corrected chi connectivity index (χ1v) is 7.89. The number of aromatic nitrogens is 1. The van der Waals surface area contributed by atoms with Crippen LogP contribution in [0.25, 0.3) is 0 Å². The van der Waals surface area contributed by atoms with Gasteiger partial charge in [-0.25, -0.2) is 13.1 Å². The van der Waals surface area contributed by atoms with Crippen molar-refractivity contribution in [1.82, 2.24) is 9.71 Å². The smallest absolute Gasteiger partial charge is 0.242 e. The van der Waals surface area contributed by atoms with Crippen LogP contribution in [0.3, 0.4) is 0 Å². The second kappa shape index (κ2) is 7.18. The Morgan fingerprint density at radius 1 is 1.50 bits per heavy atom. The summed E-state index contributed by atoms with van der Waals surface area (Å²) in [5, 5.41) is 0. The van der Waals surface area contributed by atoms with Crippen LogP contribution in [-0.4, -0.2) is 33.2 Å². The van der Waals surface area contributed by atoms with Crippen LogP contribution in [-0.2, 0) is 14.8 Å². The molecule has 1 heterocycles. The van der Waals surface area contributed by atoms with Crippen molar-refractivity contribution < 1.29 is 13.2 Å². The van der Waals surface area contributed by atoms with Gasteiger partial charge in [-0.05, 0) is 28.4 Å². The first-order chi connectivity index (χ1) is 8.49. The van der Waals surface area contributed by atoms with Gasteiger partial charge in [0.05, 0.1) is 6.61 Å². The Hall–Kier alpha value is -0.500. The van der Waals surface area contributed by atoms with E-state index in [0.717, 1.165) is 12.8 Å². The molecule has 0 aliphatic carbocycles. The highest BCUT2D eigenvalue weighted by molar-refractivity contribution is 9.10. The third-order valence-corrected chi connectivity index (χ3v) is 4.24. The molecule has 0 fully saturated rings. The molecule has 0 saturated carbocycles. The minimum atomic E-state index is -3.55. The zero-order valence-corrected chi connectivity index (χ0v) is 12.8. The first kappa shape index (κ1) is 15.6. The highest BCUT2D eigenvalue weighted by Crippen LogP contribution is 2.15. The van der Waals surface area contributed by atoms with E-state index < -0.39 is 10.0 Å². The number of ether oxygens (including phenoxy) is 1. The molecule has 1 rings (SSSR count). The Kier molecular flexibility index (Phi) is 6.20. The molecule has 0 aliphatic heterocycles. The lowest BCUT2D eigenvalue weighted by atomic mass is 10.2. The number of hydrogen-bond acceptors (Lipinski definition) is 4. The van der Waals surface area contributed by atoms with E-state index in [1.807, 2.05) is 6.92 Å². The van der Waals surface area contributed by atoms with Crippen molar-refractivity contribution in [3.8, 4) is 0 Å². The highest BCUT2D eigenvalue weighted by Gasteiger charge is 2.20. The minimum absolute atomic E-state index is 0.147. The fourth-order valence-corrected chi connectivity index (χ4v) is 3.31. The van der Waals surface area contributed by atoms with E-state index in [0.29, 0.717) is 11.1 Å². The summed E-state index contributed by atoms with van der Waals surface area (Å²) in [4.78, 5) is 4.00. The minimum Gasteiger partial charge on any atom is -0.383 e. The van der Waals surface area contributed by atoms with Crippen LogP contribution in [0.4, 0.5) is 0 Å². The molecular weight excluding hydrogens is 320 g/mol. The third kappa shape index (κ3) is 4.64. The van der Waals surface area contributed by atoms with Crippen LogP contribution in [0.15, 0.2) is 27.8 Å². The van der Waals surface area contributed by atoms with Gasteiger partial charge in [0.15, 0.2) is 0 Å². The molecule has 1 atom stereocenters. The molecule has 0 amide bonds. The molecule has 5 nitrogen and oxygen atoms in total. The van der Waals surface area contributed by atoms with E-state index in [1.54, 1.807) is 7.11 Å². The number of methoxy groups -OCH3 is 1. The van der Waals surface area contributed by atoms with Crippen molar-refractivity contribution in [3.63, 3.8) is 0 Å². The maximum Gasteiger partial charge on any atom is 0.242 e. The third-order valence-electron chi connectivity index (χ3n) is 2.32. The maximum absolute atomic E-state index is 12.1. The fraction of sp³-hybridized carbons (Fsp3) is 0.545. The lowest BCUT2D eigenvalue weighted by Crippen LogP contribution is -2.37. The van der Waals surface area contributed by atoms with Crippen molar-refractivity contribution in [2.75, 3.05) is 13.7 Å². The average molecular weight is 337 g/mol. The highest BCUT2D eigenvalue weighted by atomic mass is 79.9. The second-order valence-electron chi connectivity index (χ2n) is 3.90. The van der Waals surface area contributed by atoms with Crippen molar-refractivity contribution in [2.45, 2.75) is 30.7 Å². The predicted molar refractivity (Wildman–Crippen MR) is 72.8 cm³/mol. The van der Waals surface area contributed by atoms with Gasteiger partial charge in [0.2, 0.25) is 10.0 Å². The van der Waals surface area contributed by atoms with E-state index in [-0.39, 0.29) is 10.9 Å². The summed E-state index contributed by atoms with van der Waals surface area (Å²) in [6.07, 6.45) is 4.47. The molecule has 1 unspecified atom stereocenters. The summed E-state index contributed by atoms with van der Waals surface area (Å²) < 4.78 is 32.5.